The molecular weight excluding hydrogens is 304 g/mol. The summed E-state index contributed by atoms with van der Waals surface area (Å²) < 4.78 is 5.67. The average Bonchev–Trinajstić information content (AvgIpc) is 2.69. The van der Waals surface area contributed by atoms with Crippen LogP contribution in [0.5, 0.6) is 5.75 Å². The van der Waals surface area contributed by atoms with Crippen LogP contribution in [0, 0.1) is 0 Å². The van der Waals surface area contributed by atoms with Gasteiger partial charge in [-0.05, 0) is 31.0 Å². The van der Waals surface area contributed by atoms with Crippen LogP contribution in [0.25, 0.3) is 0 Å². The minimum absolute atomic E-state index is 0.175. The van der Waals surface area contributed by atoms with Crippen molar-refractivity contribution in [1.82, 2.24) is 10.3 Å². The van der Waals surface area contributed by atoms with Crippen molar-refractivity contribution in [3.63, 3.8) is 0 Å². The van der Waals surface area contributed by atoms with Crippen LogP contribution in [0.2, 0.25) is 5.02 Å². The van der Waals surface area contributed by atoms with Crippen LogP contribution < -0.4 is 15.6 Å². The quantitative estimate of drug-likeness (QED) is 0.894. The van der Waals surface area contributed by atoms with Gasteiger partial charge in [0.05, 0.1) is 12.6 Å². The number of rotatable bonds is 2. The summed E-state index contributed by atoms with van der Waals surface area (Å²) in [6, 6.07) is 9.72. The van der Waals surface area contributed by atoms with E-state index in [1.54, 1.807) is 24.3 Å². The highest BCUT2D eigenvalue weighted by atomic mass is 35.5. The monoisotopic (exact) mass is 318 g/mol. The molecule has 1 aromatic carbocycles. The molecular formula is C16H15ClN2O3. The summed E-state index contributed by atoms with van der Waals surface area (Å²) in [5.41, 5.74) is 0.839. The maximum atomic E-state index is 12.3. The Morgan fingerprint density at radius 2 is 2.18 bits per heavy atom. The summed E-state index contributed by atoms with van der Waals surface area (Å²) >= 11 is 5.99. The van der Waals surface area contributed by atoms with Crippen LogP contribution in [0.1, 0.15) is 34.9 Å². The zero-order chi connectivity index (χ0) is 15.5. The summed E-state index contributed by atoms with van der Waals surface area (Å²) in [7, 11) is 0. The van der Waals surface area contributed by atoms with E-state index in [2.05, 4.69) is 10.3 Å². The number of fused-ring (bicyclic) bond motifs is 1. The van der Waals surface area contributed by atoms with Crippen molar-refractivity contribution in [2.24, 2.45) is 0 Å². The van der Waals surface area contributed by atoms with Crippen molar-refractivity contribution in [3.05, 3.63) is 63.0 Å². The molecule has 1 aliphatic heterocycles. The van der Waals surface area contributed by atoms with E-state index < -0.39 is 0 Å². The predicted molar refractivity (Wildman–Crippen MR) is 83.5 cm³/mol. The van der Waals surface area contributed by atoms with E-state index in [-0.39, 0.29) is 23.2 Å². The van der Waals surface area contributed by atoms with Gasteiger partial charge in [-0.3, -0.25) is 9.59 Å². The molecule has 0 unspecified atom stereocenters. The van der Waals surface area contributed by atoms with Crippen LogP contribution in [0.15, 0.2) is 41.2 Å². The van der Waals surface area contributed by atoms with Crippen LogP contribution >= 0.6 is 11.6 Å². The Morgan fingerprint density at radius 1 is 1.32 bits per heavy atom. The number of benzene rings is 1. The average molecular weight is 319 g/mol. The number of hydrogen-bond donors (Lipinski definition) is 2. The maximum absolute atomic E-state index is 12.3. The molecule has 1 aliphatic rings. The van der Waals surface area contributed by atoms with Gasteiger partial charge in [0.25, 0.3) is 5.91 Å². The Hall–Kier alpha value is -2.27. The molecule has 0 aliphatic carbocycles. The lowest BCUT2D eigenvalue weighted by molar-refractivity contribution is 0.0929. The Bertz CT molecular complexity index is 757. The summed E-state index contributed by atoms with van der Waals surface area (Å²) in [5.74, 6) is 0.377. The van der Waals surface area contributed by atoms with Crippen molar-refractivity contribution < 1.29 is 9.53 Å². The number of halogens is 1. The third-order valence-electron chi connectivity index (χ3n) is 3.56. The number of aromatic amines is 1. The van der Waals surface area contributed by atoms with Crippen LogP contribution in [0.4, 0.5) is 0 Å². The van der Waals surface area contributed by atoms with E-state index in [1.165, 1.54) is 6.07 Å². The minimum Gasteiger partial charge on any atom is -0.493 e. The number of H-pyrrole nitrogens is 1. The molecule has 0 saturated carbocycles. The summed E-state index contributed by atoms with van der Waals surface area (Å²) in [5, 5.41) is 3.54. The molecule has 0 bridgehead atoms. The van der Waals surface area contributed by atoms with Crippen molar-refractivity contribution in [3.8, 4) is 5.75 Å². The number of hydrogen-bond acceptors (Lipinski definition) is 3. The van der Waals surface area contributed by atoms with Crippen molar-refractivity contribution in [1.29, 1.82) is 0 Å². The topological polar surface area (TPSA) is 71.2 Å². The zero-order valence-electron chi connectivity index (χ0n) is 11.8. The van der Waals surface area contributed by atoms with Gasteiger partial charge in [-0.25, -0.2) is 0 Å². The Labute approximate surface area is 132 Å². The van der Waals surface area contributed by atoms with Gasteiger partial charge in [-0.1, -0.05) is 23.7 Å². The molecule has 3 rings (SSSR count). The first-order valence-electron chi connectivity index (χ1n) is 7.06. The highest BCUT2D eigenvalue weighted by Gasteiger charge is 2.22. The number of pyridine rings is 1. The highest BCUT2D eigenvalue weighted by molar-refractivity contribution is 6.30. The fraction of sp³-hybridized carbons (Fsp3) is 0.250. The van der Waals surface area contributed by atoms with E-state index in [0.29, 0.717) is 17.4 Å². The van der Waals surface area contributed by atoms with Gasteiger partial charge >= 0.3 is 0 Å². The molecule has 0 saturated heterocycles. The van der Waals surface area contributed by atoms with E-state index in [9.17, 15) is 9.59 Å². The largest absolute Gasteiger partial charge is 0.493 e. The molecule has 1 amide bonds. The number of aromatic nitrogens is 1. The molecule has 5 nitrogen and oxygen atoms in total. The number of ether oxygens (including phenoxy) is 1. The summed E-state index contributed by atoms with van der Waals surface area (Å²) in [6.07, 6.45) is 1.58. The Balaban J connectivity index is 1.86. The third kappa shape index (κ3) is 3.14. The maximum Gasteiger partial charge on any atom is 0.268 e. The molecule has 6 heteroatoms. The standard InChI is InChI=1S/C16H15ClN2O3/c17-10-6-7-11-12(4-2-8-22-14(11)9-10)19-16(21)13-3-1-5-15(20)18-13/h1,3,5-7,9,12H,2,4,8H2,(H,18,20)(H,19,21)/t12-/m0/s1. The van der Waals surface area contributed by atoms with E-state index in [0.717, 1.165) is 18.4 Å². The predicted octanol–water partition coefficient (Wildman–Crippen LogP) is 2.67. The number of carbonyl (C=O) groups is 1. The fourth-order valence-electron chi connectivity index (χ4n) is 2.51. The second-order valence-corrected chi connectivity index (χ2v) is 5.56. The van der Waals surface area contributed by atoms with Gasteiger partial charge in [0.1, 0.15) is 11.4 Å². The summed E-state index contributed by atoms with van der Waals surface area (Å²) in [4.78, 5) is 26.1. The van der Waals surface area contributed by atoms with Crippen LogP contribution in [0.3, 0.4) is 0 Å². The zero-order valence-corrected chi connectivity index (χ0v) is 12.5. The molecule has 2 heterocycles. The van der Waals surface area contributed by atoms with E-state index in [1.807, 2.05) is 6.07 Å². The van der Waals surface area contributed by atoms with Gasteiger partial charge in [0.2, 0.25) is 5.56 Å². The first kappa shape index (κ1) is 14.7. The van der Waals surface area contributed by atoms with Crippen molar-refractivity contribution in [2.75, 3.05) is 6.61 Å². The van der Waals surface area contributed by atoms with E-state index >= 15 is 0 Å². The lowest BCUT2D eigenvalue weighted by Crippen LogP contribution is -2.30. The molecule has 0 spiro atoms. The second-order valence-electron chi connectivity index (χ2n) is 5.13. The lowest BCUT2D eigenvalue weighted by Gasteiger charge is -2.18. The molecule has 1 aromatic heterocycles. The highest BCUT2D eigenvalue weighted by Crippen LogP contribution is 2.33. The van der Waals surface area contributed by atoms with Crippen LogP contribution in [-0.2, 0) is 0 Å². The fourth-order valence-corrected chi connectivity index (χ4v) is 2.67. The first-order chi connectivity index (χ1) is 10.6. The van der Waals surface area contributed by atoms with Gasteiger partial charge in [-0.15, -0.1) is 0 Å². The molecule has 0 radical (unpaired) electrons. The van der Waals surface area contributed by atoms with Gasteiger partial charge in [0.15, 0.2) is 0 Å². The normalized spacial score (nSPS) is 17.0. The Kier molecular flexibility index (Phi) is 4.15. The SMILES string of the molecule is O=C(N[C@H]1CCCOc2cc(Cl)ccc21)c1cccc(=O)[nH]1. The number of nitrogens with one attached hydrogen (secondary N) is 2. The number of amides is 1. The number of carbonyl (C=O) groups excluding carboxylic acids is 1. The smallest absolute Gasteiger partial charge is 0.268 e. The lowest BCUT2D eigenvalue weighted by atomic mass is 10.0. The molecule has 22 heavy (non-hydrogen) atoms. The van der Waals surface area contributed by atoms with Gasteiger partial charge < -0.3 is 15.0 Å². The van der Waals surface area contributed by atoms with Crippen molar-refractivity contribution >= 4 is 17.5 Å². The Morgan fingerprint density at radius 3 is 3.00 bits per heavy atom. The molecule has 0 fully saturated rings. The first-order valence-corrected chi connectivity index (χ1v) is 7.44. The third-order valence-corrected chi connectivity index (χ3v) is 3.80. The van der Waals surface area contributed by atoms with Crippen molar-refractivity contribution in [2.45, 2.75) is 18.9 Å². The molecule has 2 aromatic rings. The second kappa shape index (κ2) is 6.23. The molecule has 2 N–H and O–H groups in total. The van der Waals surface area contributed by atoms with Crippen LogP contribution in [-0.4, -0.2) is 17.5 Å². The van der Waals surface area contributed by atoms with Gasteiger partial charge in [-0.2, -0.15) is 0 Å². The molecule has 114 valence electrons. The minimum atomic E-state index is -0.314. The van der Waals surface area contributed by atoms with E-state index in [4.69, 9.17) is 16.3 Å². The summed E-state index contributed by atoms with van der Waals surface area (Å²) in [6.45, 7) is 0.585. The molecule has 1 atom stereocenters. The van der Waals surface area contributed by atoms with Gasteiger partial charge in [0, 0.05) is 16.7 Å².